The van der Waals surface area contributed by atoms with Crippen molar-refractivity contribution in [3.05, 3.63) is 106 Å². The van der Waals surface area contributed by atoms with Gasteiger partial charge < -0.3 is 4.84 Å². The average Bonchev–Trinajstić information content (AvgIpc) is 3.51. The second-order valence-corrected chi connectivity index (χ2v) is 7.59. The standard InChI is InChI=1S/C25H22FNO2/c1-16-3-7-18(8-4-16)22-15-23(22)24(19-11-13-21(26)14-12-19)27-29-25(28)20-9-5-17(2)6-10-20/h3-14,22-23H,15H2,1-2H3/b27-24-. The summed E-state index contributed by atoms with van der Waals surface area (Å²) < 4.78 is 13.4. The zero-order valence-electron chi connectivity index (χ0n) is 16.4. The third kappa shape index (κ3) is 4.43. The maximum Gasteiger partial charge on any atom is 0.365 e. The van der Waals surface area contributed by atoms with Crippen LogP contribution in [0.15, 0.2) is 78.0 Å². The number of carbonyl (C=O) groups is 1. The summed E-state index contributed by atoms with van der Waals surface area (Å²) in [5.74, 6) is -0.362. The minimum Gasteiger partial charge on any atom is -0.313 e. The molecule has 29 heavy (non-hydrogen) atoms. The van der Waals surface area contributed by atoms with E-state index in [0.717, 1.165) is 17.5 Å². The van der Waals surface area contributed by atoms with Gasteiger partial charge in [0.05, 0.1) is 11.3 Å². The van der Waals surface area contributed by atoms with Gasteiger partial charge in [-0.1, -0.05) is 64.8 Å². The minimum absolute atomic E-state index is 0.133. The summed E-state index contributed by atoms with van der Waals surface area (Å²) in [5.41, 5.74) is 5.41. The maximum absolute atomic E-state index is 13.4. The summed E-state index contributed by atoms with van der Waals surface area (Å²) in [6, 6.07) is 21.7. The third-order valence-electron chi connectivity index (χ3n) is 5.30. The molecular formula is C25H22FNO2. The van der Waals surface area contributed by atoms with E-state index in [9.17, 15) is 9.18 Å². The highest BCUT2D eigenvalue weighted by Crippen LogP contribution is 2.49. The van der Waals surface area contributed by atoms with E-state index in [0.29, 0.717) is 17.2 Å². The van der Waals surface area contributed by atoms with Gasteiger partial charge in [-0.25, -0.2) is 9.18 Å². The smallest absolute Gasteiger partial charge is 0.313 e. The Morgan fingerprint density at radius 1 is 0.862 bits per heavy atom. The maximum atomic E-state index is 13.4. The molecule has 4 heteroatoms. The van der Waals surface area contributed by atoms with Crippen molar-refractivity contribution in [2.75, 3.05) is 0 Å². The van der Waals surface area contributed by atoms with Crippen molar-refractivity contribution in [1.29, 1.82) is 0 Å². The first-order chi connectivity index (χ1) is 14.0. The summed E-state index contributed by atoms with van der Waals surface area (Å²) >= 11 is 0. The van der Waals surface area contributed by atoms with Crippen LogP contribution in [-0.4, -0.2) is 11.7 Å². The summed E-state index contributed by atoms with van der Waals surface area (Å²) in [4.78, 5) is 17.7. The number of nitrogens with zero attached hydrogens (tertiary/aromatic N) is 1. The van der Waals surface area contributed by atoms with Crippen molar-refractivity contribution < 1.29 is 14.0 Å². The molecule has 0 bridgehead atoms. The van der Waals surface area contributed by atoms with Crippen LogP contribution in [0.1, 0.15) is 45.0 Å². The van der Waals surface area contributed by atoms with Crippen LogP contribution in [0.25, 0.3) is 0 Å². The van der Waals surface area contributed by atoms with E-state index in [-0.39, 0.29) is 11.7 Å². The summed E-state index contributed by atoms with van der Waals surface area (Å²) in [5, 5.41) is 4.22. The fourth-order valence-electron chi connectivity index (χ4n) is 3.47. The minimum atomic E-state index is -0.503. The molecule has 0 N–H and O–H groups in total. The van der Waals surface area contributed by atoms with E-state index in [1.165, 1.54) is 23.3 Å². The molecule has 3 aromatic carbocycles. The van der Waals surface area contributed by atoms with Gasteiger partial charge in [-0.3, -0.25) is 0 Å². The van der Waals surface area contributed by atoms with Crippen LogP contribution >= 0.6 is 0 Å². The Hall–Kier alpha value is -3.27. The van der Waals surface area contributed by atoms with Crippen molar-refractivity contribution >= 4 is 11.7 Å². The van der Waals surface area contributed by atoms with Gasteiger partial charge in [-0.15, -0.1) is 0 Å². The Morgan fingerprint density at radius 2 is 1.41 bits per heavy atom. The second kappa shape index (κ2) is 8.00. The predicted molar refractivity (Wildman–Crippen MR) is 112 cm³/mol. The van der Waals surface area contributed by atoms with Crippen LogP contribution in [0.3, 0.4) is 0 Å². The predicted octanol–water partition coefficient (Wildman–Crippen LogP) is 5.81. The lowest BCUT2D eigenvalue weighted by molar-refractivity contribution is 0.0515. The molecule has 0 spiro atoms. The molecule has 0 radical (unpaired) electrons. The highest BCUT2D eigenvalue weighted by atomic mass is 19.1. The van der Waals surface area contributed by atoms with Gasteiger partial charge in [0.1, 0.15) is 5.82 Å². The second-order valence-electron chi connectivity index (χ2n) is 7.59. The number of aryl methyl sites for hydroxylation is 2. The molecule has 2 atom stereocenters. The van der Waals surface area contributed by atoms with Crippen LogP contribution < -0.4 is 0 Å². The molecule has 1 saturated carbocycles. The molecule has 0 aliphatic heterocycles. The summed E-state index contributed by atoms with van der Waals surface area (Å²) in [6.45, 7) is 4.02. The zero-order chi connectivity index (χ0) is 20.4. The summed E-state index contributed by atoms with van der Waals surface area (Å²) in [7, 11) is 0. The molecule has 1 aliphatic rings. The fourth-order valence-corrected chi connectivity index (χ4v) is 3.47. The number of oxime groups is 1. The van der Waals surface area contributed by atoms with Crippen LogP contribution in [0, 0.1) is 25.6 Å². The zero-order valence-corrected chi connectivity index (χ0v) is 16.4. The molecule has 3 nitrogen and oxygen atoms in total. The average molecular weight is 387 g/mol. The highest BCUT2D eigenvalue weighted by molar-refractivity contribution is 6.04. The Labute approximate surface area is 169 Å². The lowest BCUT2D eigenvalue weighted by Crippen LogP contribution is -2.09. The number of carbonyl (C=O) groups excluding carboxylic acids is 1. The Bertz CT molecular complexity index is 1040. The van der Waals surface area contributed by atoms with E-state index in [1.54, 1.807) is 24.3 Å². The quantitative estimate of drug-likeness (QED) is 0.315. The largest absolute Gasteiger partial charge is 0.365 e. The molecule has 146 valence electrons. The van der Waals surface area contributed by atoms with Gasteiger partial charge in [0.25, 0.3) is 0 Å². The van der Waals surface area contributed by atoms with Crippen LogP contribution in [0.5, 0.6) is 0 Å². The van der Waals surface area contributed by atoms with Crippen molar-refractivity contribution in [2.24, 2.45) is 11.1 Å². The number of hydrogen-bond donors (Lipinski definition) is 0. The molecule has 0 amide bonds. The molecule has 2 unspecified atom stereocenters. The van der Waals surface area contributed by atoms with Crippen molar-refractivity contribution in [2.45, 2.75) is 26.2 Å². The topological polar surface area (TPSA) is 38.7 Å². The van der Waals surface area contributed by atoms with E-state index < -0.39 is 5.97 Å². The normalized spacial score (nSPS) is 18.4. The number of benzene rings is 3. The SMILES string of the molecule is Cc1ccc(C(=O)O/N=C(/c2ccc(F)cc2)C2CC2c2ccc(C)cc2)cc1. The molecule has 3 aromatic rings. The van der Waals surface area contributed by atoms with Gasteiger partial charge in [0.2, 0.25) is 0 Å². The lowest BCUT2D eigenvalue weighted by Gasteiger charge is -2.07. The first-order valence-corrected chi connectivity index (χ1v) is 9.69. The van der Waals surface area contributed by atoms with Gasteiger partial charge in [-0.05, 0) is 61.6 Å². The molecule has 0 saturated heterocycles. The van der Waals surface area contributed by atoms with Crippen molar-refractivity contribution in [1.82, 2.24) is 0 Å². The van der Waals surface area contributed by atoms with Gasteiger partial charge >= 0.3 is 5.97 Å². The molecule has 0 aromatic heterocycles. The van der Waals surface area contributed by atoms with Crippen molar-refractivity contribution in [3.63, 3.8) is 0 Å². The monoisotopic (exact) mass is 387 g/mol. The van der Waals surface area contributed by atoms with Crippen LogP contribution in [-0.2, 0) is 4.84 Å². The van der Waals surface area contributed by atoms with E-state index in [4.69, 9.17) is 4.84 Å². The highest BCUT2D eigenvalue weighted by Gasteiger charge is 2.43. The fraction of sp³-hybridized carbons (Fsp3) is 0.200. The van der Waals surface area contributed by atoms with Gasteiger partial charge in [-0.2, -0.15) is 0 Å². The van der Waals surface area contributed by atoms with E-state index in [2.05, 4.69) is 36.3 Å². The number of hydrogen-bond acceptors (Lipinski definition) is 3. The lowest BCUT2D eigenvalue weighted by atomic mass is 10.0. The van der Waals surface area contributed by atoms with E-state index in [1.807, 2.05) is 19.1 Å². The first kappa shape index (κ1) is 19.1. The summed E-state index contributed by atoms with van der Waals surface area (Å²) in [6.07, 6.45) is 0.918. The van der Waals surface area contributed by atoms with Crippen LogP contribution in [0.2, 0.25) is 0 Å². The number of rotatable bonds is 5. The Kier molecular flexibility index (Phi) is 5.26. The first-order valence-electron chi connectivity index (χ1n) is 9.69. The van der Waals surface area contributed by atoms with Gasteiger partial charge in [0, 0.05) is 5.92 Å². The molecule has 0 heterocycles. The van der Waals surface area contributed by atoms with Crippen molar-refractivity contribution in [3.8, 4) is 0 Å². The molecule has 1 aliphatic carbocycles. The Morgan fingerprint density at radius 3 is 2.03 bits per heavy atom. The Balaban J connectivity index is 1.58. The molecule has 4 rings (SSSR count). The molecule has 1 fully saturated rings. The third-order valence-corrected chi connectivity index (χ3v) is 5.30. The number of halogens is 1. The van der Waals surface area contributed by atoms with E-state index >= 15 is 0 Å². The molecular weight excluding hydrogens is 365 g/mol. The van der Waals surface area contributed by atoms with Gasteiger partial charge in [0.15, 0.2) is 0 Å². The van der Waals surface area contributed by atoms with Crippen LogP contribution in [0.4, 0.5) is 4.39 Å².